The van der Waals surface area contributed by atoms with E-state index in [1.807, 2.05) is 24.8 Å². The number of nitrogens with one attached hydrogen (secondary N) is 1. The predicted molar refractivity (Wildman–Crippen MR) is 117 cm³/mol. The lowest BCUT2D eigenvalue weighted by atomic mass is 9.99. The van der Waals surface area contributed by atoms with Crippen LogP contribution in [-0.4, -0.2) is 63.6 Å². The topological polar surface area (TPSA) is 77.4 Å². The lowest BCUT2D eigenvalue weighted by molar-refractivity contribution is -0.0728. The number of thiophene rings is 1. The van der Waals surface area contributed by atoms with E-state index in [1.54, 1.807) is 17.5 Å². The fourth-order valence-corrected chi connectivity index (χ4v) is 4.82. The lowest BCUT2D eigenvalue weighted by Crippen LogP contribution is -2.52. The molecule has 1 aliphatic rings. The minimum atomic E-state index is -0.779. The maximum Gasteiger partial charge on any atom is 0.224 e. The van der Waals surface area contributed by atoms with Gasteiger partial charge >= 0.3 is 0 Å². The number of rotatable bonds is 7. The highest BCUT2D eigenvalue weighted by Crippen LogP contribution is 2.35. The van der Waals surface area contributed by atoms with Gasteiger partial charge < -0.3 is 15.3 Å². The maximum atomic E-state index is 13.5. The smallest absolute Gasteiger partial charge is 0.224 e. The van der Waals surface area contributed by atoms with E-state index in [4.69, 9.17) is 0 Å². The van der Waals surface area contributed by atoms with Gasteiger partial charge in [-0.15, -0.1) is 11.3 Å². The molecular formula is C21H27FN6OS. The fourth-order valence-electron chi connectivity index (χ4n) is 3.87. The Bertz CT molecular complexity index is 1040. The van der Waals surface area contributed by atoms with Crippen molar-refractivity contribution in [1.82, 2.24) is 24.8 Å². The standard InChI is InChI=1S/C21H27FN6OS/c1-12-5-17-19(30-12)18(20(29)28-10-14(11-28)9-27(3)4)26-21(25-17)24-13(2)15-6-16(22)8-23-7-15/h5-8,13-14,20,29H,9-11H2,1-4H3,(H,24,25,26). The number of hydrogen-bond acceptors (Lipinski definition) is 8. The summed E-state index contributed by atoms with van der Waals surface area (Å²) in [6, 6.07) is 3.21. The number of aromatic nitrogens is 3. The molecule has 4 rings (SSSR count). The Kier molecular flexibility index (Phi) is 5.97. The number of hydrogen-bond donors (Lipinski definition) is 2. The van der Waals surface area contributed by atoms with Crippen LogP contribution in [0.1, 0.15) is 35.3 Å². The van der Waals surface area contributed by atoms with Crippen molar-refractivity contribution in [3.8, 4) is 0 Å². The largest absolute Gasteiger partial charge is 0.372 e. The molecule has 0 radical (unpaired) electrons. The average molecular weight is 431 g/mol. The Morgan fingerprint density at radius 3 is 2.77 bits per heavy atom. The highest BCUT2D eigenvalue weighted by atomic mass is 32.1. The molecule has 0 aliphatic carbocycles. The first kappa shape index (κ1) is 21.0. The molecule has 1 aliphatic heterocycles. The van der Waals surface area contributed by atoms with E-state index in [9.17, 15) is 9.50 Å². The van der Waals surface area contributed by atoms with Gasteiger partial charge in [0, 0.05) is 30.7 Å². The molecule has 9 heteroatoms. The average Bonchev–Trinajstić information content (AvgIpc) is 3.03. The van der Waals surface area contributed by atoms with Gasteiger partial charge in [0.25, 0.3) is 0 Å². The molecule has 2 N–H and O–H groups in total. The first-order valence-electron chi connectivity index (χ1n) is 10.0. The zero-order chi connectivity index (χ0) is 21.4. The molecule has 0 amide bonds. The predicted octanol–water partition coefficient (Wildman–Crippen LogP) is 3.19. The highest BCUT2D eigenvalue weighted by molar-refractivity contribution is 7.19. The molecule has 0 aromatic carbocycles. The summed E-state index contributed by atoms with van der Waals surface area (Å²) in [4.78, 5) is 18.5. The van der Waals surface area contributed by atoms with Crippen LogP contribution in [0.25, 0.3) is 10.2 Å². The third-order valence-electron chi connectivity index (χ3n) is 5.29. The van der Waals surface area contributed by atoms with E-state index >= 15 is 0 Å². The molecule has 2 unspecified atom stereocenters. The van der Waals surface area contributed by atoms with Crippen LogP contribution in [0.2, 0.25) is 0 Å². The van der Waals surface area contributed by atoms with Gasteiger partial charge in [-0.25, -0.2) is 14.4 Å². The zero-order valence-electron chi connectivity index (χ0n) is 17.6. The second kappa shape index (κ2) is 8.50. The van der Waals surface area contributed by atoms with Crippen LogP contribution in [0.3, 0.4) is 0 Å². The molecule has 160 valence electrons. The second-order valence-corrected chi connectivity index (χ2v) is 9.52. The normalized spacial score (nSPS) is 17.3. The maximum absolute atomic E-state index is 13.5. The summed E-state index contributed by atoms with van der Waals surface area (Å²) in [5.41, 5.74) is 2.13. The van der Waals surface area contributed by atoms with Crippen molar-refractivity contribution in [1.29, 1.82) is 0 Å². The molecule has 2 atom stereocenters. The Morgan fingerprint density at radius 2 is 2.07 bits per heavy atom. The van der Waals surface area contributed by atoms with Crippen LogP contribution in [0, 0.1) is 18.7 Å². The molecule has 1 saturated heterocycles. The number of pyridine rings is 1. The van der Waals surface area contributed by atoms with E-state index < -0.39 is 6.23 Å². The number of fused-ring (bicyclic) bond motifs is 1. The Morgan fingerprint density at radius 1 is 1.30 bits per heavy atom. The second-order valence-electron chi connectivity index (χ2n) is 8.26. The molecule has 0 bridgehead atoms. The third kappa shape index (κ3) is 4.44. The van der Waals surface area contributed by atoms with Crippen LogP contribution >= 0.6 is 11.3 Å². The molecule has 3 aromatic rings. The van der Waals surface area contributed by atoms with E-state index in [0.29, 0.717) is 23.1 Å². The molecule has 30 heavy (non-hydrogen) atoms. The summed E-state index contributed by atoms with van der Waals surface area (Å²) < 4.78 is 14.4. The summed E-state index contributed by atoms with van der Waals surface area (Å²) in [5.74, 6) is 0.582. The van der Waals surface area contributed by atoms with Crippen LogP contribution in [-0.2, 0) is 0 Å². The van der Waals surface area contributed by atoms with Crippen molar-refractivity contribution in [3.05, 3.63) is 46.5 Å². The fraction of sp³-hybridized carbons (Fsp3) is 0.476. The van der Waals surface area contributed by atoms with Gasteiger partial charge in [0.2, 0.25) is 5.95 Å². The van der Waals surface area contributed by atoms with Gasteiger partial charge in [-0.05, 0) is 51.6 Å². The number of aryl methyl sites for hydroxylation is 1. The number of anilines is 1. The number of halogens is 1. The van der Waals surface area contributed by atoms with E-state index in [-0.39, 0.29) is 11.9 Å². The minimum Gasteiger partial charge on any atom is -0.372 e. The van der Waals surface area contributed by atoms with Gasteiger partial charge in [-0.1, -0.05) is 0 Å². The summed E-state index contributed by atoms with van der Waals surface area (Å²) in [5, 5.41) is 14.3. The molecule has 3 aromatic heterocycles. The van der Waals surface area contributed by atoms with Crippen molar-refractivity contribution in [2.24, 2.45) is 5.92 Å². The van der Waals surface area contributed by atoms with Gasteiger partial charge in [0.05, 0.1) is 22.5 Å². The van der Waals surface area contributed by atoms with Gasteiger partial charge in [0.1, 0.15) is 11.5 Å². The summed E-state index contributed by atoms with van der Waals surface area (Å²) in [6.45, 7) is 6.60. The Labute approximate surface area is 179 Å². The van der Waals surface area contributed by atoms with Crippen molar-refractivity contribution in [2.45, 2.75) is 26.1 Å². The minimum absolute atomic E-state index is 0.233. The van der Waals surface area contributed by atoms with Crippen LogP contribution in [0.5, 0.6) is 0 Å². The van der Waals surface area contributed by atoms with Gasteiger partial charge in [-0.2, -0.15) is 0 Å². The van der Waals surface area contributed by atoms with E-state index in [0.717, 1.165) is 34.7 Å². The summed E-state index contributed by atoms with van der Waals surface area (Å²) in [6.07, 6.45) is 2.02. The third-order valence-corrected chi connectivity index (χ3v) is 6.35. The van der Waals surface area contributed by atoms with Crippen molar-refractivity contribution in [3.63, 3.8) is 0 Å². The number of nitrogens with zero attached hydrogens (tertiary/aromatic N) is 5. The molecule has 7 nitrogen and oxygen atoms in total. The molecule has 0 saturated carbocycles. The van der Waals surface area contributed by atoms with Crippen LogP contribution in [0.4, 0.5) is 10.3 Å². The first-order valence-corrected chi connectivity index (χ1v) is 10.8. The van der Waals surface area contributed by atoms with Crippen molar-refractivity contribution >= 4 is 27.5 Å². The molecule has 4 heterocycles. The Hall–Kier alpha value is -2.20. The number of aliphatic hydroxyl groups excluding tert-OH is 1. The van der Waals surface area contributed by atoms with Gasteiger partial charge in [-0.3, -0.25) is 9.88 Å². The van der Waals surface area contributed by atoms with E-state index in [1.165, 1.54) is 12.3 Å². The molecule has 0 spiro atoms. The summed E-state index contributed by atoms with van der Waals surface area (Å²) in [7, 11) is 4.13. The summed E-state index contributed by atoms with van der Waals surface area (Å²) >= 11 is 1.59. The molecular weight excluding hydrogens is 403 g/mol. The van der Waals surface area contributed by atoms with Gasteiger partial charge in [0.15, 0.2) is 6.23 Å². The highest BCUT2D eigenvalue weighted by Gasteiger charge is 2.34. The Balaban J connectivity index is 1.58. The van der Waals surface area contributed by atoms with E-state index in [2.05, 4.69) is 39.3 Å². The lowest BCUT2D eigenvalue weighted by Gasteiger charge is -2.43. The molecule has 1 fully saturated rings. The van der Waals surface area contributed by atoms with Crippen LogP contribution < -0.4 is 5.32 Å². The monoisotopic (exact) mass is 430 g/mol. The SMILES string of the molecule is Cc1cc2nc(NC(C)c3cncc(F)c3)nc(C(O)N3CC(CN(C)C)C3)c2s1. The van der Waals surface area contributed by atoms with Crippen LogP contribution in [0.15, 0.2) is 24.5 Å². The number of likely N-dealkylation sites (tertiary alicyclic amines) is 1. The quantitative estimate of drug-likeness (QED) is 0.596. The zero-order valence-corrected chi connectivity index (χ0v) is 18.4. The first-order chi connectivity index (χ1) is 14.3. The van der Waals surface area contributed by atoms with Crippen molar-refractivity contribution < 1.29 is 9.50 Å². The van der Waals surface area contributed by atoms with Crippen molar-refractivity contribution in [2.75, 3.05) is 39.0 Å². The number of aliphatic hydroxyl groups is 1.